The van der Waals surface area contributed by atoms with E-state index in [0.717, 1.165) is 18.4 Å². The van der Waals surface area contributed by atoms with Gasteiger partial charge in [-0.2, -0.15) is 0 Å². The van der Waals surface area contributed by atoms with Crippen LogP contribution in [0, 0.1) is 0 Å². The molecule has 2 N–H and O–H groups in total. The molecule has 3 rings (SSSR count). The van der Waals surface area contributed by atoms with Crippen LogP contribution in [0.3, 0.4) is 0 Å². The monoisotopic (exact) mass is 433 g/mol. The van der Waals surface area contributed by atoms with Crippen molar-refractivity contribution in [1.82, 2.24) is 10.2 Å². The second-order valence-electron chi connectivity index (χ2n) is 6.72. The number of thiocarbonyl (C=S) groups is 1. The van der Waals surface area contributed by atoms with Crippen LogP contribution in [0.5, 0.6) is 11.5 Å². The van der Waals surface area contributed by atoms with Crippen molar-refractivity contribution >= 4 is 40.5 Å². The molecule has 6 nitrogen and oxygen atoms in total. The summed E-state index contributed by atoms with van der Waals surface area (Å²) < 4.78 is 10.6. The molecular weight excluding hydrogens is 410 g/mol. The number of likely N-dealkylation sites (tertiary alicyclic amines) is 1. The van der Waals surface area contributed by atoms with Gasteiger partial charge in [0, 0.05) is 36.8 Å². The second kappa shape index (κ2) is 9.80. The zero-order chi connectivity index (χ0) is 20.8. The van der Waals surface area contributed by atoms with Gasteiger partial charge < -0.3 is 25.0 Å². The number of piperidine rings is 1. The molecule has 1 heterocycles. The molecular formula is C21H24ClN3O3S. The summed E-state index contributed by atoms with van der Waals surface area (Å²) in [6.07, 6.45) is 1.64. The van der Waals surface area contributed by atoms with Crippen LogP contribution in [0.1, 0.15) is 23.2 Å². The van der Waals surface area contributed by atoms with Crippen molar-refractivity contribution in [2.75, 3.05) is 32.6 Å². The summed E-state index contributed by atoms with van der Waals surface area (Å²) in [4.78, 5) is 14.4. The number of amides is 1. The van der Waals surface area contributed by atoms with Gasteiger partial charge in [0.1, 0.15) is 11.5 Å². The molecule has 1 fully saturated rings. The largest absolute Gasteiger partial charge is 0.495 e. The van der Waals surface area contributed by atoms with Crippen molar-refractivity contribution in [3.05, 3.63) is 53.1 Å². The highest BCUT2D eigenvalue weighted by Crippen LogP contribution is 2.35. The summed E-state index contributed by atoms with van der Waals surface area (Å²) in [5.74, 6) is 1.18. The molecule has 8 heteroatoms. The Morgan fingerprint density at radius 1 is 1.10 bits per heavy atom. The number of methoxy groups -OCH3 is 2. The fraction of sp³-hybridized carbons (Fsp3) is 0.333. The van der Waals surface area contributed by atoms with Crippen molar-refractivity contribution < 1.29 is 14.3 Å². The summed E-state index contributed by atoms with van der Waals surface area (Å²) in [6, 6.07) is 13.0. The number of nitrogens with one attached hydrogen (secondary N) is 2. The molecule has 0 radical (unpaired) electrons. The zero-order valence-electron chi connectivity index (χ0n) is 16.4. The van der Waals surface area contributed by atoms with Crippen molar-refractivity contribution in [2.45, 2.75) is 18.9 Å². The number of halogens is 1. The smallest absolute Gasteiger partial charge is 0.253 e. The van der Waals surface area contributed by atoms with Crippen LogP contribution < -0.4 is 20.1 Å². The van der Waals surface area contributed by atoms with Crippen LogP contribution in [0.25, 0.3) is 0 Å². The number of carbonyl (C=O) groups excluding carboxylic acids is 1. The molecule has 1 aliphatic heterocycles. The van der Waals surface area contributed by atoms with Gasteiger partial charge in [-0.25, -0.2) is 0 Å². The molecule has 2 aromatic rings. The molecule has 1 saturated heterocycles. The molecule has 1 amide bonds. The molecule has 0 bridgehead atoms. The number of hydrogen-bond acceptors (Lipinski definition) is 4. The predicted molar refractivity (Wildman–Crippen MR) is 119 cm³/mol. The van der Waals surface area contributed by atoms with E-state index in [1.54, 1.807) is 26.4 Å². The Hall–Kier alpha value is -2.51. The van der Waals surface area contributed by atoms with Gasteiger partial charge in [-0.05, 0) is 37.2 Å². The quantitative estimate of drug-likeness (QED) is 0.696. The zero-order valence-corrected chi connectivity index (χ0v) is 18.0. The van der Waals surface area contributed by atoms with E-state index in [0.29, 0.717) is 40.4 Å². The van der Waals surface area contributed by atoms with E-state index in [-0.39, 0.29) is 11.9 Å². The number of anilines is 1. The lowest BCUT2D eigenvalue weighted by atomic mass is 10.0. The molecule has 1 aliphatic rings. The Labute approximate surface area is 181 Å². The molecule has 29 heavy (non-hydrogen) atoms. The summed E-state index contributed by atoms with van der Waals surface area (Å²) in [5.41, 5.74) is 1.39. The number of nitrogens with zero attached hydrogens (tertiary/aromatic N) is 1. The summed E-state index contributed by atoms with van der Waals surface area (Å²) >= 11 is 11.6. The lowest BCUT2D eigenvalue weighted by Gasteiger charge is -2.33. The van der Waals surface area contributed by atoms with E-state index in [1.807, 2.05) is 35.2 Å². The van der Waals surface area contributed by atoms with Gasteiger partial charge in [-0.3, -0.25) is 4.79 Å². The number of benzene rings is 2. The third-order valence-corrected chi connectivity index (χ3v) is 5.38. The van der Waals surface area contributed by atoms with Crippen LogP contribution in [0.4, 0.5) is 5.69 Å². The molecule has 0 aromatic heterocycles. The number of hydrogen-bond donors (Lipinski definition) is 2. The van der Waals surface area contributed by atoms with E-state index in [2.05, 4.69) is 10.6 Å². The standard InChI is InChI=1S/C21H24ClN3O3S/c1-27-18-13-17(19(28-2)12-16(18)22)24-21(29)23-15-8-10-25(11-9-15)20(26)14-6-4-3-5-7-14/h3-7,12-13,15H,8-11H2,1-2H3,(H2,23,24,29). The van der Waals surface area contributed by atoms with Gasteiger partial charge in [0.2, 0.25) is 0 Å². The maximum atomic E-state index is 12.6. The third-order valence-electron chi connectivity index (χ3n) is 4.86. The Morgan fingerprint density at radius 3 is 2.38 bits per heavy atom. The van der Waals surface area contributed by atoms with Crippen molar-refractivity contribution in [1.29, 1.82) is 0 Å². The first kappa shape index (κ1) is 21.2. The van der Waals surface area contributed by atoms with Gasteiger partial charge in [-0.1, -0.05) is 29.8 Å². The minimum Gasteiger partial charge on any atom is -0.495 e. The highest BCUT2D eigenvalue weighted by atomic mass is 35.5. The lowest BCUT2D eigenvalue weighted by Crippen LogP contribution is -2.47. The molecule has 154 valence electrons. The Balaban J connectivity index is 1.54. The molecule has 0 aliphatic carbocycles. The van der Waals surface area contributed by atoms with E-state index in [1.165, 1.54) is 0 Å². The minimum absolute atomic E-state index is 0.0720. The Bertz CT molecular complexity index is 871. The average molecular weight is 434 g/mol. The molecule has 0 spiro atoms. The van der Waals surface area contributed by atoms with Crippen molar-refractivity contribution in [2.24, 2.45) is 0 Å². The first-order valence-electron chi connectivity index (χ1n) is 9.35. The topological polar surface area (TPSA) is 62.8 Å². The number of ether oxygens (including phenoxy) is 2. The Kier molecular flexibility index (Phi) is 7.17. The third kappa shape index (κ3) is 5.31. The molecule has 2 aromatic carbocycles. The normalized spacial score (nSPS) is 14.2. The van der Waals surface area contributed by atoms with Crippen molar-refractivity contribution in [3.63, 3.8) is 0 Å². The minimum atomic E-state index is 0.0720. The molecule has 0 atom stereocenters. The predicted octanol–water partition coefficient (Wildman–Crippen LogP) is 3.95. The van der Waals surface area contributed by atoms with E-state index in [9.17, 15) is 4.79 Å². The fourth-order valence-corrected chi connectivity index (χ4v) is 3.80. The highest BCUT2D eigenvalue weighted by Gasteiger charge is 2.24. The van der Waals surface area contributed by atoms with E-state index >= 15 is 0 Å². The number of rotatable bonds is 5. The summed E-state index contributed by atoms with van der Waals surface area (Å²) in [7, 11) is 3.12. The molecule has 0 saturated carbocycles. The molecule has 0 unspecified atom stereocenters. The summed E-state index contributed by atoms with van der Waals surface area (Å²) in [6.45, 7) is 1.37. The van der Waals surface area contributed by atoms with Gasteiger partial charge in [0.15, 0.2) is 5.11 Å². The van der Waals surface area contributed by atoms with Crippen molar-refractivity contribution in [3.8, 4) is 11.5 Å². The Morgan fingerprint density at radius 2 is 1.76 bits per heavy atom. The summed E-state index contributed by atoms with van der Waals surface area (Å²) in [5, 5.41) is 7.42. The second-order valence-corrected chi connectivity index (χ2v) is 7.53. The maximum Gasteiger partial charge on any atom is 0.253 e. The average Bonchev–Trinajstić information content (AvgIpc) is 2.75. The fourth-order valence-electron chi connectivity index (χ4n) is 3.29. The van der Waals surface area contributed by atoms with Crippen LogP contribution in [0.2, 0.25) is 5.02 Å². The van der Waals surface area contributed by atoms with E-state index in [4.69, 9.17) is 33.3 Å². The van der Waals surface area contributed by atoms with Crippen LogP contribution in [-0.4, -0.2) is 49.3 Å². The highest BCUT2D eigenvalue weighted by molar-refractivity contribution is 7.80. The lowest BCUT2D eigenvalue weighted by molar-refractivity contribution is 0.0710. The van der Waals surface area contributed by atoms with Gasteiger partial charge >= 0.3 is 0 Å². The van der Waals surface area contributed by atoms with Gasteiger partial charge in [-0.15, -0.1) is 0 Å². The van der Waals surface area contributed by atoms with Gasteiger partial charge in [0.05, 0.1) is 24.9 Å². The van der Waals surface area contributed by atoms with Crippen LogP contribution in [0.15, 0.2) is 42.5 Å². The van der Waals surface area contributed by atoms with Crippen LogP contribution >= 0.6 is 23.8 Å². The first-order chi connectivity index (χ1) is 14.0. The van der Waals surface area contributed by atoms with Crippen LogP contribution in [-0.2, 0) is 0 Å². The SMILES string of the molecule is COc1cc(NC(=S)NC2CCN(C(=O)c3ccccc3)CC2)c(OC)cc1Cl. The number of carbonyl (C=O) groups is 1. The van der Waals surface area contributed by atoms with E-state index < -0.39 is 0 Å². The van der Waals surface area contributed by atoms with Gasteiger partial charge in [0.25, 0.3) is 5.91 Å². The maximum absolute atomic E-state index is 12.6. The first-order valence-corrected chi connectivity index (χ1v) is 10.1.